The Bertz CT molecular complexity index is 452. The molecule has 2 N–H and O–H groups in total. The van der Waals surface area contributed by atoms with Crippen LogP contribution in [0.15, 0.2) is 35.5 Å². The molecule has 0 aliphatic rings. The predicted molar refractivity (Wildman–Crippen MR) is 62.1 cm³/mol. The van der Waals surface area contributed by atoms with Gasteiger partial charge in [-0.05, 0) is 26.0 Å². The van der Waals surface area contributed by atoms with E-state index >= 15 is 0 Å². The lowest BCUT2D eigenvalue weighted by Gasteiger charge is -2.06. The number of carboxylic acid groups (broad SMARTS) is 1. The van der Waals surface area contributed by atoms with Crippen molar-refractivity contribution in [2.24, 2.45) is 0 Å². The SMILES string of the molecule is C/C(C(=O)O)=C(\C)C(=O)NCc1ccccn1. The molecule has 17 heavy (non-hydrogen) atoms. The van der Waals surface area contributed by atoms with Crippen LogP contribution >= 0.6 is 0 Å². The van der Waals surface area contributed by atoms with Crippen molar-refractivity contribution in [2.45, 2.75) is 20.4 Å². The smallest absolute Gasteiger partial charge is 0.331 e. The number of nitrogens with one attached hydrogen (secondary N) is 1. The minimum Gasteiger partial charge on any atom is -0.478 e. The first-order valence-electron chi connectivity index (χ1n) is 5.11. The molecule has 1 rings (SSSR count). The minimum absolute atomic E-state index is 0.0449. The molecule has 1 heterocycles. The van der Waals surface area contributed by atoms with Crippen molar-refractivity contribution in [3.8, 4) is 0 Å². The predicted octanol–water partition coefficient (Wildman–Crippen LogP) is 1.12. The number of nitrogens with zero attached hydrogens (tertiary/aromatic N) is 1. The molecular weight excluding hydrogens is 220 g/mol. The zero-order valence-corrected chi connectivity index (χ0v) is 9.73. The standard InChI is InChI=1S/C12H14N2O3/c1-8(9(2)12(16)17)11(15)14-7-10-5-3-4-6-13-10/h3-6H,7H2,1-2H3,(H,14,15)(H,16,17)/b9-8-. The number of hydrogen-bond donors (Lipinski definition) is 2. The molecule has 5 nitrogen and oxygen atoms in total. The quantitative estimate of drug-likeness (QED) is 0.765. The molecule has 0 radical (unpaired) electrons. The van der Waals surface area contributed by atoms with Gasteiger partial charge in [-0.15, -0.1) is 0 Å². The van der Waals surface area contributed by atoms with Crippen LogP contribution in [0.5, 0.6) is 0 Å². The zero-order valence-electron chi connectivity index (χ0n) is 9.73. The normalized spacial score (nSPS) is 11.6. The van der Waals surface area contributed by atoms with E-state index in [2.05, 4.69) is 10.3 Å². The second-order valence-corrected chi connectivity index (χ2v) is 3.56. The second kappa shape index (κ2) is 5.79. The van der Waals surface area contributed by atoms with E-state index in [1.54, 1.807) is 18.3 Å². The van der Waals surface area contributed by atoms with Gasteiger partial charge in [-0.2, -0.15) is 0 Å². The highest BCUT2D eigenvalue weighted by atomic mass is 16.4. The minimum atomic E-state index is -1.09. The first kappa shape index (κ1) is 12.9. The molecule has 0 atom stereocenters. The van der Waals surface area contributed by atoms with Crippen LogP contribution in [-0.4, -0.2) is 22.0 Å². The van der Waals surface area contributed by atoms with E-state index < -0.39 is 11.9 Å². The van der Waals surface area contributed by atoms with Crippen molar-refractivity contribution in [1.82, 2.24) is 10.3 Å². The second-order valence-electron chi connectivity index (χ2n) is 3.56. The number of carbonyl (C=O) groups excluding carboxylic acids is 1. The lowest BCUT2D eigenvalue weighted by atomic mass is 10.1. The van der Waals surface area contributed by atoms with E-state index in [9.17, 15) is 9.59 Å². The van der Waals surface area contributed by atoms with Gasteiger partial charge in [0.25, 0.3) is 0 Å². The molecular formula is C12H14N2O3. The topological polar surface area (TPSA) is 79.3 Å². The third-order valence-electron chi connectivity index (χ3n) is 2.38. The Morgan fingerprint density at radius 3 is 2.53 bits per heavy atom. The summed E-state index contributed by atoms with van der Waals surface area (Å²) in [6, 6.07) is 5.38. The van der Waals surface area contributed by atoms with Gasteiger partial charge in [0.15, 0.2) is 0 Å². The Morgan fingerprint density at radius 1 is 1.29 bits per heavy atom. The molecule has 1 aromatic heterocycles. The molecule has 0 fully saturated rings. The van der Waals surface area contributed by atoms with Gasteiger partial charge in [0, 0.05) is 17.3 Å². The number of hydrogen-bond acceptors (Lipinski definition) is 3. The zero-order chi connectivity index (χ0) is 12.8. The number of carbonyl (C=O) groups is 2. The third-order valence-corrected chi connectivity index (χ3v) is 2.38. The van der Waals surface area contributed by atoms with Gasteiger partial charge in [-0.1, -0.05) is 6.07 Å². The van der Waals surface area contributed by atoms with E-state index in [1.807, 2.05) is 6.07 Å². The number of rotatable bonds is 4. The maximum Gasteiger partial charge on any atom is 0.331 e. The molecule has 0 saturated heterocycles. The summed E-state index contributed by atoms with van der Waals surface area (Å²) in [5.41, 5.74) is 0.971. The van der Waals surface area contributed by atoms with E-state index in [0.717, 1.165) is 5.69 Å². The molecule has 5 heteroatoms. The summed E-state index contributed by atoms with van der Waals surface area (Å²) in [6.45, 7) is 3.17. The maximum atomic E-state index is 11.6. The lowest BCUT2D eigenvalue weighted by Crippen LogP contribution is -2.25. The van der Waals surface area contributed by atoms with Crippen LogP contribution in [0.2, 0.25) is 0 Å². The Labute approximate surface area is 99.2 Å². The van der Waals surface area contributed by atoms with Crippen LogP contribution < -0.4 is 5.32 Å². The van der Waals surface area contributed by atoms with Gasteiger partial charge in [0.05, 0.1) is 12.2 Å². The van der Waals surface area contributed by atoms with Crippen molar-refractivity contribution in [2.75, 3.05) is 0 Å². The maximum absolute atomic E-state index is 11.6. The van der Waals surface area contributed by atoms with Crippen LogP contribution in [-0.2, 0) is 16.1 Å². The Kier molecular flexibility index (Phi) is 4.39. The molecule has 0 aliphatic heterocycles. The van der Waals surface area contributed by atoms with E-state index in [1.165, 1.54) is 13.8 Å². The van der Waals surface area contributed by atoms with Crippen LogP contribution in [0.25, 0.3) is 0 Å². The fraction of sp³-hybridized carbons (Fsp3) is 0.250. The van der Waals surface area contributed by atoms with Gasteiger partial charge in [0.1, 0.15) is 0 Å². The highest BCUT2D eigenvalue weighted by molar-refractivity contribution is 6.01. The summed E-state index contributed by atoms with van der Waals surface area (Å²) in [5.74, 6) is -1.48. The van der Waals surface area contributed by atoms with E-state index in [-0.39, 0.29) is 17.7 Å². The summed E-state index contributed by atoms with van der Waals surface area (Å²) in [4.78, 5) is 26.3. The summed E-state index contributed by atoms with van der Waals surface area (Å²) < 4.78 is 0. The summed E-state index contributed by atoms with van der Waals surface area (Å²) in [6.07, 6.45) is 1.63. The van der Waals surface area contributed by atoms with Crippen LogP contribution in [0.4, 0.5) is 0 Å². The summed E-state index contributed by atoms with van der Waals surface area (Å²) in [7, 11) is 0. The Hall–Kier alpha value is -2.17. The molecule has 0 spiro atoms. The molecule has 1 amide bonds. The number of pyridine rings is 1. The van der Waals surface area contributed by atoms with Crippen molar-refractivity contribution in [3.63, 3.8) is 0 Å². The Balaban J connectivity index is 2.62. The van der Waals surface area contributed by atoms with Crippen molar-refractivity contribution in [1.29, 1.82) is 0 Å². The average Bonchev–Trinajstić information content (AvgIpc) is 2.35. The first-order chi connectivity index (χ1) is 8.02. The molecule has 90 valence electrons. The Morgan fingerprint density at radius 2 is 2.00 bits per heavy atom. The lowest BCUT2D eigenvalue weighted by molar-refractivity contribution is -0.133. The highest BCUT2D eigenvalue weighted by Crippen LogP contribution is 2.04. The van der Waals surface area contributed by atoms with Gasteiger partial charge >= 0.3 is 5.97 Å². The van der Waals surface area contributed by atoms with Gasteiger partial charge in [0.2, 0.25) is 5.91 Å². The fourth-order valence-corrected chi connectivity index (χ4v) is 1.14. The highest BCUT2D eigenvalue weighted by Gasteiger charge is 2.12. The van der Waals surface area contributed by atoms with Crippen LogP contribution in [0.1, 0.15) is 19.5 Å². The summed E-state index contributed by atoms with van der Waals surface area (Å²) in [5, 5.41) is 11.3. The number of amides is 1. The van der Waals surface area contributed by atoms with Crippen molar-refractivity contribution in [3.05, 3.63) is 41.2 Å². The van der Waals surface area contributed by atoms with Crippen LogP contribution in [0.3, 0.4) is 0 Å². The van der Waals surface area contributed by atoms with Crippen molar-refractivity contribution >= 4 is 11.9 Å². The largest absolute Gasteiger partial charge is 0.478 e. The summed E-state index contributed by atoms with van der Waals surface area (Å²) >= 11 is 0. The number of aliphatic carboxylic acids is 1. The molecule has 0 aliphatic carbocycles. The van der Waals surface area contributed by atoms with Crippen LogP contribution in [0, 0.1) is 0 Å². The third kappa shape index (κ3) is 3.71. The van der Waals surface area contributed by atoms with Gasteiger partial charge < -0.3 is 10.4 Å². The van der Waals surface area contributed by atoms with E-state index in [4.69, 9.17) is 5.11 Å². The first-order valence-corrected chi connectivity index (χ1v) is 5.11. The molecule has 0 aromatic carbocycles. The number of carboxylic acids is 1. The van der Waals surface area contributed by atoms with Gasteiger partial charge in [-0.25, -0.2) is 4.79 Å². The molecule has 0 bridgehead atoms. The van der Waals surface area contributed by atoms with E-state index in [0.29, 0.717) is 0 Å². The van der Waals surface area contributed by atoms with Gasteiger partial charge in [-0.3, -0.25) is 9.78 Å². The average molecular weight is 234 g/mol. The monoisotopic (exact) mass is 234 g/mol. The number of aromatic nitrogens is 1. The van der Waals surface area contributed by atoms with Crippen molar-refractivity contribution < 1.29 is 14.7 Å². The molecule has 0 unspecified atom stereocenters. The molecule has 1 aromatic rings. The fourth-order valence-electron chi connectivity index (χ4n) is 1.14. The molecule has 0 saturated carbocycles.